The van der Waals surface area contributed by atoms with Crippen molar-refractivity contribution in [3.8, 4) is 0 Å². The quantitative estimate of drug-likeness (QED) is 0.845. The largest absolute Gasteiger partial charge is 0.393 e. The van der Waals surface area contributed by atoms with Gasteiger partial charge >= 0.3 is 6.18 Å². The van der Waals surface area contributed by atoms with E-state index in [1.54, 1.807) is 11.8 Å². The number of halogens is 5. The number of carbonyl (C=O) groups is 1. The topological polar surface area (TPSA) is 32.3 Å². The second kappa shape index (κ2) is 7.28. The van der Waals surface area contributed by atoms with Crippen molar-refractivity contribution in [3.63, 3.8) is 0 Å². The van der Waals surface area contributed by atoms with Crippen molar-refractivity contribution in [2.24, 2.45) is 5.92 Å². The van der Waals surface area contributed by atoms with Crippen LogP contribution in [0.5, 0.6) is 0 Å². The highest BCUT2D eigenvalue weighted by molar-refractivity contribution is 6.35. The van der Waals surface area contributed by atoms with Crippen LogP contribution in [0.1, 0.15) is 19.8 Å². The first kappa shape index (κ1) is 18.4. The minimum atomic E-state index is -4.23. The van der Waals surface area contributed by atoms with Gasteiger partial charge in [-0.3, -0.25) is 9.69 Å². The molecule has 0 aromatic heterocycles. The fourth-order valence-electron chi connectivity index (χ4n) is 2.66. The average Bonchev–Trinajstić information content (AvgIpc) is 2.44. The number of hydrogen-bond donors (Lipinski definition) is 1. The number of piperidine rings is 1. The highest BCUT2D eigenvalue weighted by Gasteiger charge is 2.43. The summed E-state index contributed by atoms with van der Waals surface area (Å²) in [6, 6.07) is 3.93. The predicted octanol–water partition coefficient (Wildman–Crippen LogP) is 4.59. The number of nitrogens with one attached hydrogen (secondary N) is 1. The third-order valence-corrected chi connectivity index (χ3v) is 4.41. The molecule has 2 atom stereocenters. The lowest BCUT2D eigenvalue weighted by Gasteiger charge is -2.36. The zero-order valence-corrected chi connectivity index (χ0v) is 14.0. The van der Waals surface area contributed by atoms with Crippen molar-refractivity contribution in [2.75, 3.05) is 18.4 Å². The Morgan fingerprint density at radius 1 is 1.30 bits per heavy atom. The first-order valence-electron chi connectivity index (χ1n) is 7.24. The molecule has 128 valence electrons. The van der Waals surface area contributed by atoms with Gasteiger partial charge in [0.25, 0.3) is 0 Å². The monoisotopic (exact) mass is 368 g/mol. The molecule has 0 saturated carbocycles. The molecule has 1 aliphatic rings. The van der Waals surface area contributed by atoms with Crippen molar-refractivity contribution in [3.05, 3.63) is 28.2 Å². The Morgan fingerprint density at radius 2 is 1.91 bits per heavy atom. The molecule has 1 amide bonds. The van der Waals surface area contributed by atoms with E-state index in [9.17, 15) is 18.0 Å². The van der Waals surface area contributed by atoms with Crippen LogP contribution >= 0.6 is 23.2 Å². The van der Waals surface area contributed by atoms with E-state index in [4.69, 9.17) is 23.2 Å². The van der Waals surface area contributed by atoms with Gasteiger partial charge in [-0.1, -0.05) is 23.2 Å². The first-order chi connectivity index (χ1) is 10.7. The summed E-state index contributed by atoms with van der Waals surface area (Å²) in [5.41, 5.74) is 0.420. The number of benzene rings is 1. The van der Waals surface area contributed by atoms with Crippen molar-refractivity contribution in [1.82, 2.24) is 4.90 Å². The molecule has 3 nitrogen and oxygen atoms in total. The van der Waals surface area contributed by atoms with Crippen molar-refractivity contribution >= 4 is 34.8 Å². The molecular weight excluding hydrogens is 352 g/mol. The van der Waals surface area contributed by atoms with Crippen LogP contribution in [0.4, 0.5) is 18.9 Å². The summed E-state index contributed by atoms with van der Waals surface area (Å²) < 4.78 is 38.6. The second-order valence-corrected chi connectivity index (χ2v) is 6.57. The van der Waals surface area contributed by atoms with Gasteiger partial charge in [-0.2, -0.15) is 13.2 Å². The number of rotatable bonds is 3. The number of anilines is 1. The minimum Gasteiger partial charge on any atom is -0.325 e. The van der Waals surface area contributed by atoms with Crippen molar-refractivity contribution in [1.29, 1.82) is 0 Å². The van der Waals surface area contributed by atoms with Crippen LogP contribution in [0.2, 0.25) is 10.0 Å². The molecule has 1 aromatic rings. The number of likely N-dealkylation sites (tertiary alicyclic amines) is 1. The zero-order valence-electron chi connectivity index (χ0n) is 12.5. The molecule has 0 bridgehead atoms. The van der Waals surface area contributed by atoms with Crippen LogP contribution in [0.25, 0.3) is 0 Å². The van der Waals surface area contributed by atoms with Crippen LogP contribution in [0, 0.1) is 5.92 Å². The number of amides is 1. The molecule has 0 radical (unpaired) electrons. The molecule has 1 fully saturated rings. The van der Waals surface area contributed by atoms with E-state index < -0.39 is 18.1 Å². The summed E-state index contributed by atoms with van der Waals surface area (Å²) in [5.74, 6) is -1.77. The summed E-state index contributed by atoms with van der Waals surface area (Å²) in [6.07, 6.45) is -3.70. The molecule has 0 aliphatic carbocycles. The predicted molar refractivity (Wildman–Crippen MR) is 84.9 cm³/mol. The minimum absolute atomic E-state index is 0.109. The van der Waals surface area contributed by atoms with E-state index in [1.165, 1.54) is 18.2 Å². The first-order valence-corrected chi connectivity index (χ1v) is 8.00. The molecule has 2 rings (SSSR count). The molecule has 1 N–H and O–H groups in total. The SMILES string of the molecule is C[C@@H](C(=O)Nc1cc(Cl)cc(Cl)c1)N1CCC[C@H](C(F)(F)F)C1. The maximum Gasteiger partial charge on any atom is 0.393 e. The molecule has 1 aromatic carbocycles. The highest BCUT2D eigenvalue weighted by atomic mass is 35.5. The fraction of sp³-hybridized carbons (Fsp3) is 0.533. The van der Waals surface area contributed by atoms with Gasteiger partial charge in [-0.25, -0.2) is 0 Å². The Labute approximate surface area is 142 Å². The summed E-state index contributed by atoms with van der Waals surface area (Å²) in [5, 5.41) is 3.39. The van der Waals surface area contributed by atoms with E-state index in [0.29, 0.717) is 28.7 Å². The van der Waals surface area contributed by atoms with Crippen LogP contribution in [-0.2, 0) is 4.79 Å². The summed E-state index contributed by atoms with van der Waals surface area (Å²) in [4.78, 5) is 13.8. The van der Waals surface area contributed by atoms with Crippen LogP contribution in [-0.4, -0.2) is 36.1 Å². The molecular formula is C15H17Cl2F3N2O. The second-order valence-electron chi connectivity index (χ2n) is 5.70. The number of nitrogens with zero attached hydrogens (tertiary/aromatic N) is 1. The van der Waals surface area contributed by atoms with E-state index in [1.807, 2.05) is 0 Å². The van der Waals surface area contributed by atoms with Gasteiger partial charge in [0.1, 0.15) is 0 Å². The molecule has 23 heavy (non-hydrogen) atoms. The Balaban J connectivity index is 2.01. The molecule has 1 aliphatic heterocycles. The van der Waals surface area contributed by atoms with E-state index in [-0.39, 0.29) is 18.9 Å². The van der Waals surface area contributed by atoms with Gasteiger partial charge in [0.05, 0.1) is 12.0 Å². The summed E-state index contributed by atoms with van der Waals surface area (Å²) in [6.45, 7) is 1.91. The van der Waals surface area contributed by atoms with Gasteiger partial charge in [-0.15, -0.1) is 0 Å². The lowest BCUT2D eigenvalue weighted by molar-refractivity contribution is -0.188. The number of hydrogen-bond acceptors (Lipinski definition) is 2. The Morgan fingerprint density at radius 3 is 2.48 bits per heavy atom. The molecule has 0 unspecified atom stereocenters. The molecule has 8 heteroatoms. The van der Waals surface area contributed by atoms with Crippen molar-refractivity contribution in [2.45, 2.75) is 32.0 Å². The third-order valence-electron chi connectivity index (χ3n) is 3.97. The number of alkyl halides is 3. The van der Waals surface area contributed by atoms with Crippen LogP contribution < -0.4 is 5.32 Å². The summed E-state index contributed by atoms with van der Waals surface area (Å²) >= 11 is 11.7. The maximum absolute atomic E-state index is 12.9. The third kappa shape index (κ3) is 4.99. The smallest absolute Gasteiger partial charge is 0.325 e. The Hall–Kier alpha value is -0.980. The highest BCUT2D eigenvalue weighted by Crippen LogP contribution is 2.33. The van der Waals surface area contributed by atoms with Gasteiger partial charge in [-0.05, 0) is 44.5 Å². The Kier molecular flexibility index (Phi) is 5.81. The number of carbonyl (C=O) groups excluding carboxylic acids is 1. The zero-order chi connectivity index (χ0) is 17.2. The lowest BCUT2D eigenvalue weighted by atomic mass is 9.96. The maximum atomic E-state index is 12.9. The van der Waals surface area contributed by atoms with Crippen LogP contribution in [0.15, 0.2) is 18.2 Å². The van der Waals surface area contributed by atoms with E-state index >= 15 is 0 Å². The Bertz CT molecular complexity index is 560. The normalized spacial score (nSPS) is 21.0. The van der Waals surface area contributed by atoms with Gasteiger partial charge in [0.2, 0.25) is 5.91 Å². The standard InChI is InChI=1S/C15H17Cl2F3N2O/c1-9(22-4-2-3-10(8-22)15(18,19)20)14(23)21-13-6-11(16)5-12(17)7-13/h5-7,9-10H,2-4,8H2,1H3,(H,21,23)/t9-,10-/m0/s1. The van der Waals surface area contributed by atoms with Gasteiger partial charge < -0.3 is 5.32 Å². The van der Waals surface area contributed by atoms with Crippen LogP contribution in [0.3, 0.4) is 0 Å². The van der Waals surface area contributed by atoms with E-state index in [0.717, 1.165) is 0 Å². The fourth-order valence-corrected chi connectivity index (χ4v) is 3.19. The summed E-state index contributed by atoms with van der Waals surface area (Å²) in [7, 11) is 0. The molecule has 1 heterocycles. The average molecular weight is 369 g/mol. The molecule has 1 saturated heterocycles. The lowest BCUT2D eigenvalue weighted by Crippen LogP contribution is -2.49. The molecule has 0 spiro atoms. The van der Waals surface area contributed by atoms with Crippen molar-refractivity contribution < 1.29 is 18.0 Å². The van der Waals surface area contributed by atoms with Gasteiger partial charge in [0.15, 0.2) is 0 Å². The van der Waals surface area contributed by atoms with Gasteiger partial charge in [0, 0.05) is 22.3 Å². The van der Waals surface area contributed by atoms with E-state index in [2.05, 4.69) is 5.32 Å².